The molecule has 0 fully saturated rings. The summed E-state index contributed by atoms with van der Waals surface area (Å²) in [5, 5.41) is 10.4. The Balaban J connectivity index is 2.57. The third kappa shape index (κ3) is 1.61. The van der Waals surface area contributed by atoms with Crippen LogP contribution in [0, 0.1) is 0 Å². The molecule has 0 aliphatic heterocycles. The average molecular weight is 291 g/mol. The lowest BCUT2D eigenvalue weighted by Gasteiger charge is -2.02. The zero-order valence-corrected chi connectivity index (χ0v) is 10.2. The van der Waals surface area contributed by atoms with Crippen LogP contribution < -0.4 is 5.43 Å². The SMILES string of the molecule is O=c1c2ccc(O)cc2oc2ccc(Br)cc12. The smallest absolute Gasteiger partial charge is 0.200 e. The van der Waals surface area contributed by atoms with Crippen LogP contribution in [0.1, 0.15) is 0 Å². The third-order valence-corrected chi connectivity index (χ3v) is 3.11. The van der Waals surface area contributed by atoms with Gasteiger partial charge in [-0.1, -0.05) is 15.9 Å². The van der Waals surface area contributed by atoms with E-state index in [2.05, 4.69) is 15.9 Å². The van der Waals surface area contributed by atoms with Crippen molar-refractivity contribution in [1.82, 2.24) is 0 Å². The lowest BCUT2D eigenvalue weighted by Crippen LogP contribution is -2.01. The van der Waals surface area contributed by atoms with E-state index in [0.717, 1.165) is 4.47 Å². The molecule has 2 aromatic carbocycles. The highest BCUT2D eigenvalue weighted by Gasteiger charge is 2.08. The Morgan fingerprint density at radius 3 is 2.65 bits per heavy atom. The van der Waals surface area contributed by atoms with Gasteiger partial charge in [-0.25, -0.2) is 0 Å². The van der Waals surface area contributed by atoms with Crippen LogP contribution in [0.2, 0.25) is 0 Å². The largest absolute Gasteiger partial charge is 0.508 e. The standard InChI is InChI=1S/C13H7BrO3/c14-7-1-4-11-10(5-7)13(16)9-3-2-8(15)6-12(9)17-11/h1-6,15H. The van der Waals surface area contributed by atoms with Crippen LogP contribution in [-0.2, 0) is 0 Å². The molecule has 3 rings (SSSR count). The van der Waals surface area contributed by atoms with Crippen LogP contribution in [0.4, 0.5) is 0 Å². The molecule has 0 radical (unpaired) electrons. The molecule has 4 heteroatoms. The normalized spacial score (nSPS) is 11.1. The van der Waals surface area contributed by atoms with Gasteiger partial charge in [-0.3, -0.25) is 4.79 Å². The highest BCUT2D eigenvalue weighted by atomic mass is 79.9. The van der Waals surface area contributed by atoms with Gasteiger partial charge in [0, 0.05) is 10.5 Å². The van der Waals surface area contributed by atoms with E-state index in [-0.39, 0.29) is 11.2 Å². The molecule has 0 aliphatic rings. The number of aromatic hydroxyl groups is 1. The zero-order valence-electron chi connectivity index (χ0n) is 8.61. The molecule has 17 heavy (non-hydrogen) atoms. The predicted octanol–water partition coefficient (Wildman–Crippen LogP) is 3.41. The summed E-state index contributed by atoms with van der Waals surface area (Å²) in [5.74, 6) is 0.0807. The van der Waals surface area contributed by atoms with Crippen molar-refractivity contribution in [2.24, 2.45) is 0 Å². The molecule has 1 aromatic heterocycles. The van der Waals surface area contributed by atoms with Crippen molar-refractivity contribution in [2.45, 2.75) is 0 Å². The molecule has 3 aromatic rings. The maximum absolute atomic E-state index is 12.2. The number of halogens is 1. The second kappa shape index (κ2) is 3.60. The number of phenolic OH excluding ortho intramolecular Hbond substituents is 1. The summed E-state index contributed by atoms with van der Waals surface area (Å²) in [6, 6.07) is 9.75. The third-order valence-electron chi connectivity index (χ3n) is 2.62. The first kappa shape index (κ1) is 10.4. The molecule has 3 nitrogen and oxygen atoms in total. The number of hydrogen-bond acceptors (Lipinski definition) is 3. The number of hydrogen-bond donors (Lipinski definition) is 1. The summed E-state index contributed by atoms with van der Waals surface area (Å²) < 4.78 is 6.41. The molecule has 0 amide bonds. The quantitative estimate of drug-likeness (QED) is 0.646. The lowest BCUT2D eigenvalue weighted by atomic mass is 10.1. The fourth-order valence-electron chi connectivity index (χ4n) is 1.82. The van der Waals surface area contributed by atoms with Gasteiger partial charge >= 0.3 is 0 Å². The van der Waals surface area contributed by atoms with Crippen molar-refractivity contribution in [3.05, 3.63) is 51.1 Å². The monoisotopic (exact) mass is 290 g/mol. The molecule has 0 aliphatic carbocycles. The van der Waals surface area contributed by atoms with Gasteiger partial charge in [-0.2, -0.15) is 0 Å². The second-order valence-electron chi connectivity index (χ2n) is 3.75. The van der Waals surface area contributed by atoms with E-state index in [4.69, 9.17) is 4.42 Å². The highest BCUT2D eigenvalue weighted by molar-refractivity contribution is 9.10. The fourth-order valence-corrected chi connectivity index (χ4v) is 2.18. The second-order valence-corrected chi connectivity index (χ2v) is 4.67. The van der Waals surface area contributed by atoms with Gasteiger partial charge in [0.15, 0.2) is 0 Å². The molecule has 0 spiro atoms. The topological polar surface area (TPSA) is 50.4 Å². The minimum absolute atomic E-state index is 0.0807. The minimum atomic E-state index is -0.0949. The highest BCUT2D eigenvalue weighted by Crippen LogP contribution is 2.23. The van der Waals surface area contributed by atoms with E-state index in [0.29, 0.717) is 21.9 Å². The van der Waals surface area contributed by atoms with Gasteiger partial charge < -0.3 is 9.52 Å². The summed E-state index contributed by atoms with van der Waals surface area (Å²) in [4.78, 5) is 12.2. The molecular weight excluding hydrogens is 284 g/mol. The van der Waals surface area contributed by atoms with Crippen LogP contribution in [0.3, 0.4) is 0 Å². The lowest BCUT2D eigenvalue weighted by molar-refractivity contribution is 0.474. The first-order valence-electron chi connectivity index (χ1n) is 5.00. The van der Waals surface area contributed by atoms with Crippen LogP contribution in [0.15, 0.2) is 50.1 Å². The van der Waals surface area contributed by atoms with E-state index >= 15 is 0 Å². The Labute approximate surface area is 104 Å². The predicted molar refractivity (Wildman–Crippen MR) is 69.4 cm³/mol. The van der Waals surface area contributed by atoms with Crippen LogP contribution in [0.5, 0.6) is 5.75 Å². The maximum Gasteiger partial charge on any atom is 0.200 e. The Hall–Kier alpha value is -1.81. The summed E-state index contributed by atoms with van der Waals surface area (Å²) in [6.07, 6.45) is 0. The van der Waals surface area contributed by atoms with Gasteiger partial charge in [0.05, 0.1) is 10.8 Å². The van der Waals surface area contributed by atoms with Crippen molar-refractivity contribution in [2.75, 3.05) is 0 Å². The Kier molecular flexibility index (Phi) is 2.19. The van der Waals surface area contributed by atoms with E-state index in [1.54, 1.807) is 24.3 Å². The van der Waals surface area contributed by atoms with Gasteiger partial charge in [0.25, 0.3) is 0 Å². The molecule has 0 atom stereocenters. The van der Waals surface area contributed by atoms with E-state index < -0.39 is 0 Å². The number of benzene rings is 2. The van der Waals surface area contributed by atoms with Gasteiger partial charge in [-0.15, -0.1) is 0 Å². The number of phenols is 1. The summed E-state index contributed by atoms with van der Waals surface area (Å²) in [6.45, 7) is 0. The van der Waals surface area contributed by atoms with Crippen LogP contribution in [0.25, 0.3) is 21.9 Å². The van der Waals surface area contributed by atoms with E-state index in [1.165, 1.54) is 12.1 Å². The Bertz CT molecular complexity index is 790. The molecule has 0 bridgehead atoms. The van der Waals surface area contributed by atoms with Gasteiger partial charge in [0.1, 0.15) is 16.9 Å². The first-order valence-corrected chi connectivity index (χ1v) is 5.79. The van der Waals surface area contributed by atoms with Crippen molar-refractivity contribution in [3.63, 3.8) is 0 Å². The van der Waals surface area contributed by atoms with Crippen molar-refractivity contribution in [3.8, 4) is 5.75 Å². The summed E-state index contributed by atoms with van der Waals surface area (Å²) >= 11 is 3.32. The van der Waals surface area contributed by atoms with Crippen molar-refractivity contribution >= 4 is 37.9 Å². The molecule has 0 saturated carbocycles. The minimum Gasteiger partial charge on any atom is -0.508 e. The van der Waals surface area contributed by atoms with Crippen LogP contribution in [-0.4, -0.2) is 5.11 Å². The molecule has 0 saturated heterocycles. The fraction of sp³-hybridized carbons (Fsp3) is 0. The van der Waals surface area contributed by atoms with Gasteiger partial charge in [-0.05, 0) is 30.3 Å². The number of rotatable bonds is 0. The Morgan fingerprint density at radius 1 is 1.00 bits per heavy atom. The molecular formula is C13H7BrO3. The molecule has 1 heterocycles. The maximum atomic E-state index is 12.2. The molecule has 0 unspecified atom stereocenters. The van der Waals surface area contributed by atoms with Crippen molar-refractivity contribution in [1.29, 1.82) is 0 Å². The van der Waals surface area contributed by atoms with E-state index in [9.17, 15) is 9.90 Å². The first-order chi connectivity index (χ1) is 8.15. The van der Waals surface area contributed by atoms with Crippen molar-refractivity contribution < 1.29 is 9.52 Å². The summed E-state index contributed by atoms with van der Waals surface area (Å²) in [5.41, 5.74) is 0.809. The Morgan fingerprint density at radius 2 is 1.82 bits per heavy atom. The van der Waals surface area contributed by atoms with Crippen LogP contribution >= 0.6 is 15.9 Å². The zero-order chi connectivity index (χ0) is 12.0. The molecule has 1 N–H and O–H groups in total. The summed E-state index contributed by atoms with van der Waals surface area (Å²) in [7, 11) is 0. The van der Waals surface area contributed by atoms with E-state index in [1.807, 2.05) is 0 Å². The number of fused-ring (bicyclic) bond motifs is 2. The molecule has 84 valence electrons. The average Bonchev–Trinajstić information content (AvgIpc) is 2.30. The van der Waals surface area contributed by atoms with Gasteiger partial charge in [0.2, 0.25) is 5.43 Å².